The van der Waals surface area contributed by atoms with Crippen molar-refractivity contribution in [1.29, 1.82) is 0 Å². The quantitative estimate of drug-likeness (QED) is 0.820. The fourth-order valence-corrected chi connectivity index (χ4v) is 2.23. The van der Waals surface area contributed by atoms with Gasteiger partial charge in [0.2, 0.25) is 0 Å². The number of hydrogen-bond acceptors (Lipinski definition) is 4. The van der Waals surface area contributed by atoms with Gasteiger partial charge in [-0.25, -0.2) is 4.79 Å². The van der Waals surface area contributed by atoms with Crippen molar-refractivity contribution in [2.45, 2.75) is 18.5 Å². The largest absolute Gasteiger partial charge is 0.497 e. The van der Waals surface area contributed by atoms with Crippen LogP contribution in [0.25, 0.3) is 0 Å². The summed E-state index contributed by atoms with van der Waals surface area (Å²) >= 11 is 0. The first-order chi connectivity index (χ1) is 9.02. The van der Waals surface area contributed by atoms with Gasteiger partial charge in [-0.1, -0.05) is 0 Å². The molecule has 1 aromatic rings. The molecule has 102 valence electrons. The van der Waals surface area contributed by atoms with E-state index >= 15 is 0 Å². The molecule has 19 heavy (non-hydrogen) atoms. The van der Waals surface area contributed by atoms with Crippen LogP contribution in [0.2, 0.25) is 0 Å². The molecular weight excluding hydrogens is 248 g/mol. The molecule has 0 spiro atoms. The summed E-state index contributed by atoms with van der Waals surface area (Å²) in [5.74, 6) is -0.692. The van der Waals surface area contributed by atoms with E-state index in [4.69, 9.17) is 15.6 Å². The van der Waals surface area contributed by atoms with Crippen LogP contribution in [0.15, 0.2) is 24.3 Å². The highest BCUT2D eigenvalue weighted by molar-refractivity contribution is 5.97. The molecule has 1 amide bonds. The van der Waals surface area contributed by atoms with E-state index in [9.17, 15) is 9.59 Å². The van der Waals surface area contributed by atoms with Crippen molar-refractivity contribution < 1.29 is 19.4 Å². The Bertz CT molecular complexity index is 486. The molecule has 2 unspecified atom stereocenters. The summed E-state index contributed by atoms with van der Waals surface area (Å²) in [6.07, 6.45) is 0.289. The van der Waals surface area contributed by atoms with Gasteiger partial charge in [0, 0.05) is 18.2 Å². The fraction of sp³-hybridized carbons (Fsp3) is 0.385. The zero-order valence-electron chi connectivity index (χ0n) is 10.6. The van der Waals surface area contributed by atoms with Crippen LogP contribution in [0, 0.1) is 0 Å². The van der Waals surface area contributed by atoms with Gasteiger partial charge in [0.1, 0.15) is 11.8 Å². The molecule has 2 atom stereocenters. The van der Waals surface area contributed by atoms with Gasteiger partial charge in [-0.05, 0) is 30.7 Å². The highest BCUT2D eigenvalue weighted by Gasteiger charge is 2.38. The number of ether oxygens (including phenoxy) is 1. The number of nitrogens with zero attached hydrogens (tertiary/aromatic N) is 1. The second-order valence-corrected chi connectivity index (χ2v) is 4.54. The number of likely N-dealkylation sites (tertiary alicyclic amines) is 1. The Morgan fingerprint density at radius 1 is 1.37 bits per heavy atom. The van der Waals surface area contributed by atoms with Crippen molar-refractivity contribution >= 4 is 11.9 Å². The Balaban J connectivity index is 2.20. The second kappa shape index (κ2) is 5.27. The van der Waals surface area contributed by atoms with Gasteiger partial charge >= 0.3 is 5.97 Å². The number of rotatable bonds is 3. The third-order valence-electron chi connectivity index (χ3n) is 3.22. The van der Waals surface area contributed by atoms with Gasteiger partial charge < -0.3 is 20.5 Å². The number of aliphatic carboxylic acids is 1. The van der Waals surface area contributed by atoms with E-state index in [0.717, 1.165) is 0 Å². The molecule has 1 aromatic carbocycles. The second-order valence-electron chi connectivity index (χ2n) is 4.54. The van der Waals surface area contributed by atoms with E-state index in [0.29, 0.717) is 11.3 Å². The van der Waals surface area contributed by atoms with Gasteiger partial charge in [0.15, 0.2) is 0 Å². The van der Waals surface area contributed by atoms with Crippen molar-refractivity contribution in [3.8, 4) is 5.75 Å². The Morgan fingerprint density at radius 3 is 2.53 bits per heavy atom. The predicted octanol–water partition coefficient (Wildman–Crippen LogP) is 0.322. The topological polar surface area (TPSA) is 92.9 Å². The standard InChI is InChI=1S/C13H16N2O4/c1-19-10-4-2-8(3-5-10)12(16)15-7-9(14)6-11(15)13(17)18/h2-5,9,11H,6-7,14H2,1H3,(H,17,18). The minimum absolute atomic E-state index is 0.266. The number of methoxy groups -OCH3 is 1. The van der Waals surface area contributed by atoms with Crippen molar-refractivity contribution in [3.63, 3.8) is 0 Å². The van der Waals surface area contributed by atoms with Gasteiger partial charge in [0.05, 0.1) is 7.11 Å². The van der Waals surface area contributed by atoms with Crippen LogP contribution in [-0.2, 0) is 4.79 Å². The van der Waals surface area contributed by atoms with Crippen molar-refractivity contribution in [3.05, 3.63) is 29.8 Å². The Kier molecular flexibility index (Phi) is 3.71. The molecule has 1 aliphatic heterocycles. The van der Waals surface area contributed by atoms with E-state index in [1.807, 2.05) is 0 Å². The van der Waals surface area contributed by atoms with Crippen LogP contribution in [0.5, 0.6) is 5.75 Å². The van der Waals surface area contributed by atoms with Crippen LogP contribution in [0.4, 0.5) is 0 Å². The van der Waals surface area contributed by atoms with Gasteiger partial charge in [0.25, 0.3) is 5.91 Å². The number of nitrogens with two attached hydrogens (primary N) is 1. The summed E-state index contributed by atoms with van der Waals surface area (Å²) < 4.78 is 5.01. The molecule has 0 aliphatic carbocycles. The lowest BCUT2D eigenvalue weighted by atomic mass is 10.1. The average molecular weight is 264 g/mol. The van der Waals surface area contributed by atoms with Crippen LogP contribution in [-0.4, -0.2) is 47.6 Å². The predicted molar refractivity (Wildman–Crippen MR) is 68.0 cm³/mol. The van der Waals surface area contributed by atoms with E-state index in [2.05, 4.69) is 0 Å². The third kappa shape index (κ3) is 2.68. The normalized spacial score (nSPS) is 22.3. The zero-order chi connectivity index (χ0) is 14.0. The van der Waals surface area contributed by atoms with Crippen LogP contribution in [0.1, 0.15) is 16.8 Å². The summed E-state index contributed by atoms with van der Waals surface area (Å²) in [6.45, 7) is 0.266. The molecule has 2 rings (SSSR count). The lowest BCUT2D eigenvalue weighted by molar-refractivity contribution is -0.141. The Morgan fingerprint density at radius 2 is 2.00 bits per heavy atom. The highest BCUT2D eigenvalue weighted by Crippen LogP contribution is 2.21. The first-order valence-electron chi connectivity index (χ1n) is 5.96. The summed E-state index contributed by atoms with van der Waals surface area (Å²) in [5.41, 5.74) is 6.17. The SMILES string of the molecule is COc1ccc(C(=O)N2CC(N)CC2C(=O)O)cc1. The number of carboxylic acids is 1. The summed E-state index contributed by atoms with van der Waals surface area (Å²) in [4.78, 5) is 24.7. The van der Waals surface area contributed by atoms with Crippen molar-refractivity contribution in [2.75, 3.05) is 13.7 Å². The summed E-state index contributed by atoms with van der Waals surface area (Å²) in [5, 5.41) is 9.11. The van der Waals surface area contributed by atoms with Crippen molar-refractivity contribution in [2.24, 2.45) is 5.73 Å². The first-order valence-corrected chi connectivity index (χ1v) is 5.96. The fourth-order valence-electron chi connectivity index (χ4n) is 2.23. The minimum atomic E-state index is -1.02. The van der Waals surface area contributed by atoms with Crippen molar-refractivity contribution in [1.82, 2.24) is 4.90 Å². The summed E-state index contributed by atoms with van der Waals surface area (Å²) in [6, 6.07) is 5.43. The number of carbonyl (C=O) groups is 2. The smallest absolute Gasteiger partial charge is 0.326 e. The molecule has 0 aromatic heterocycles. The average Bonchev–Trinajstić information content (AvgIpc) is 2.80. The summed E-state index contributed by atoms with van der Waals surface area (Å²) in [7, 11) is 1.54. The van der Waals surface area contributed by atoms with E-state index < -0.39 is 12.0 Å². The lowest BCUT2D eigenvalue weighted by Crippen LogP contribution is -2.40. The molecule has 1 saturated heterocycles. The van der Waals surface area contributed by atoms with Gasteiger partial charge in [-0.3, -0.25) is 4.79 Å². The Labute approximate surface area is 110 Å². The van der Waals surface area contributed by atoms with Gasteiger partial charge in [-0.15, -0.1) is 0 Å². The highest BCUT2D eigenvalue weighted by atomic mass is 16.5. The van der Waals surface area contributed by atoms with E-state index in [-0.39, 0.29) is 24.9 Å². The molecule has 0 bridgehead atoms. The molecular formula is C13H16N2O4. The number of amides is 1. The molecule has 1 heterocycles. The molecule has 0 radical (unpaired) electrons. The van der Waals surface area contributed by atoms with E-state index in [1.165, 1.54) is 12.0 Å². The monoisotopic (exact) mass is 264 g/mol. The first kappa shape index (κ1) is 13.4. The number of benzene rings is 1. The number of carboxylic acid groups (broad SMARTS) is 1. The lowest BCUT2D eigenvalue weighted by Gasteiger charge is -2.21. The maximum Gasteiger partial charge on any atom is 0.326 e. The Hall–Kier alpha value is -2.08. The molecule has 1 fully saturated rings. The number of hydrogen-bond donors (Lipinski definition) is 2. The maximum atomic E-state index is 12.3. The molecule has 1 aliphatic rings. The zero-order valence-corrected chi connectivity index (χ0v) is 10.6. The molecule has 0 saturated carbocycles. The minimum Gasteiger partial charge on any atom is -0.497 e. The molecule has 3 N–H and O–H groups in total. The van der Waals surface area contributed by atoms with Crippen LogP contribution >= 0.6 is 0 Å². The third-order valence-corrected chi connectivity index (χ3v) is 3.22. The van der Waals surface area contributed by atoms with Crippen LogP contribution in [0.3, 0.4) is 0 Å². The number of carbonyl (C=O) groups excluding carboxylic acids is 1. The van der Waals surface area contributed by atoms with Crippen LogP contribution < -0.4 is 10.5 Å². The van der Waals surface area contributed by atoms with Gasteiger partial charge in [-0.2, -0.15) is 0 Å². The molecule has 6 heteroatoms. The molecule has 6 nitrogen and oxygen atoms in total. The maximum absolute atomic E-state index is 12.3. The van der Waals surface area contributed by atoms with E-state index in [1.54, 1.807) is 24.3 Å².